The summed E-state index contributed by atoms with van der Waals surface area (Å²) in [5.41, 5.74) is 1.16. The number of rotatable bonds is 6. The highest BCUT2D eigenvalue weighted by atomic mass is 35.5. The van der Waals surface area contributed by atoms with Gasteiger partial charge >= 0.3 is 0 Å². The molecule has 1 amide bonds. The number of sulfonamides is 1. The minimum absolute atomic E-state index is 0.121. The number of para-hydroxylation sites is 1. The molecule has 0 aromatic heterocycles. The van der Waals surface area contributed by atoms with Gasteiger partial charge in [-0.2, -0.15) is 0 Å². The number of hydrogen-bond donors (Lipinski definition) is 2. The summed E-state index contributed by atoms with van der Waals surface area (Å²) in [6, 6.07) is 16.0. The van der Waals surface area contributed by atoms with Crippen LogP contribution in [0.4, 0.5) is 21.5 Å². The molecule has 0 aliphatic rings. The zero-order chi connectivity index (χ0) is 21.9. The molecule has 0 bridgehead atoms. The van der Waals surface area contributed by atoms with Gasteiger partial charge in [-0.3, -0.25) is 9.52 Å². The van der Waals surface area contributed by atoms with Gasteiger partial charge in [-0.1, -0.05) is 29.8 Å². The molecule has 0 heterocycles. The fourth-order valence-corrected chi connectivity index (χ4v) is 4.03. The monoisotopic (exact) mass is 447 g/mol. The Hall–Kier alpha value is -3.10. The maximum Gasteiger partial charge on any atom is 0.262 e. The first-order chi connectivity index (χ1) is 14.2. The Kier molecular flexibility index (Phi) is 6.28. The standard InChI is InChI=1S/C21H19ClFN3O3S/c1-26(2)20-11-10-15(22)13-19(20)24-21(27)14-6-5-7-16(12-14)30(28,29)25-18-9-4-3-8-17(18)23/h3-13,25H,1-2H3,(H,24,27). The SMILES string of the molecule is CN(C)c1ccc(Cl)cc1NC(=O)c1cccc(S(=O)(=O)Nc2ccccc2F)c1. The lowest BCUT2D eigenvalue weighted by Crippen LogP contribution is -2.18. The molecule has 3 aromatic rings. The Bertz CT molecular complexity index is 1200. The topological polar surface area (TPSA) is 78.5 Å². The fraction of sp³-hybridized carbons (Fsp3) is 0.0952. The van der Waals surface area contributed by atoms with Crippen LogP contribution >= 0.6 is 11.6 Å². The number of benzene rings is 3. The van der Waals surface area contributed by atoms with Gasteiger partial charge in [-0.05, 0) is 48.5 Å². The molecule has 0 fully saturated rings. The number of carbonyl (C=O) groups is 1. The summed E-state index contributed by atoms with van der Waals surface area (Å²) in [5, 5.41) is 3.19. The lowest BCUT2D eigenvalue weighted by Gasteiger charge is -2.18. The van der Waals surface area contributed by atoms with Crippen molar-refractivity contribution < 1.29 is 17.6 Å². The van der Waals surface area contributed by atoms with Crippen LogP contribution < -0.4 is 14.9 Å². The summed E-state index contributed by atoms with van der Waals surface area (Å²) in [6.07, 6.45) is 0. The van der Waals surface area contributed by atoms with E-state index in [-0.39, 0.29) is 16.1 Å². The van der Waals surface area contributed by atoms with Crippen molar-refractivity contribution >= 4 is 44.6 Å². The van der Waals surface area contributed by atoms with E-state index in [1.54, 1.807) is 18.2 Å². The molecule has 0 aliphatic carbocycles. The molecule has 9 heteroatoms. The number of hydrogen-bond acceptors (Lipinski definition) is 4. The van der Waals surface area contributed by atoms with E-state index < -0.39 is 21.7 Å². The van der Waals surface area contributed by atoms with Gasteiger partial charge in [0.2, 0.25) is 0 Å². The van der Waals surface area contributed by atoms with Gasteiger partial charge < -0.3 is 10.2 Å². The van der Waals surface area contributed by atoms with Crippen molar-refractivity contribution in [3.05, 3.63) is 83.1 Å². The van der Waals surface area contributed by atoms with Crippen molar-refractivity contribution in [2.45, 2.75) is 4.90 Å². The summed E-state index contributed by atoms with van der Waals surface area (Å²) >= 11 is 6.04. The Labute approximate surface area is 179 Å². The molecule has 0 spiro atoms. The predicted molar refractivity (Wildman–Crippen MR) is 117 cm³/mol. The lowest BCUT2D eigenvalue weighted by atomic mass is 10.2. The zero-order valence-electron chi connectivity index (χ0n) is 16.2. The maximum atomic E-state index is 13.8. The molecule has 30 heavy (non-hydrogen) atoms. The normalized spacial score (nSPS) is 11.1. The molecule has 3 rings (SSSR count). The Morgan fingerprint density at radius 3 is 2.40 bits per heavy atom. The molecule has 3 aromatic carbocycles. The van der Waals surface area contributed by atoms with Crippen molar-refractivity contribution in [2.75, 3.05) is 29.0 Å². The van der Waals surface area contributed by atoms with Gasteiger partial charge in [-0.15, -0.1) is 0 Å². The minimum atomic E-state index is -4.09. The quantitative estimate of drug-likeness (QED) is 0.579. The van der Waals surface area contributed by atoms with E-state index in [0.717, 1.165) is 11.8 Å². The van der Waals surface area contributed by atoms with Crippen LogP contribution in [0.1, 0.15) is 10.4 Å². The second-order valence-corrected chi connectivity index (χ2v) is 8.74. The van der Waals surface area contributed by atoms with Crippen LogP contribution in [-0.2, 0) is 10.0 Å². The van der Waals surface area contributed by atoms with Crippen LogP contribution in [0.3, 0.4) is 0 Å². The second-order valence-electron chi connectivity index (χ2n) is 6.62. The maximum absolute atomic E-state index is 13.8. The van der Waals surface area contributed by atoms with E-state index in [1.165, 1.54) is 42.5 Å². The van der Waals surface area contributed by atoms with E-state index in [0.29, 0.717) is 10.7 Å². The Morgan fingerprint density at radius 1 is 0.967 bits per heavy atom. The molecule has 2 N–H and O–H groups in total. The van der Waals surface area contributed by atoms with E-state index >= 15 is 0 Å². The highest BCUT2D eigenvalue weighted by Crippen LogP contribution is 2.28. The summed E-state index contributed by atoms with van der Waals surface area (Å²) in [5.74, 6) is -1.21. The largest absolute Gasteiger partial charge is 0.376 e. The highest BCUT2D eigenvalue weighted by Gasteiger charge is 2.19. The van der Waals surface area contributed by atoms with E-state index in [9.17, 15) is 17.6 Å². The fourth-order valence-electron chi connectivity index (χ4n) is 2.74. The van der Waals surface area contributed by atoms with Crippen LogP contribution in [0, 0.1) is 5.82 Å². The van der Waals surface area contributed by atoms with Gasteiger partial charge in [0, 0.05) is 24.7 Å². The molecular formula is C21H19ClFN3O3S. The van der Waals surface area contributed by atoms with Gasteiger partial charge in [0.05, 0.1) is 22.0 Å². The van der Waals surface area contributed by atoms with Crippen molar-refractivity contribution in [3.8, 4) is 0 Å². The van der Waals surface area contributed by atoms with Crippen LogP contribution in [0.5, 0.6) is 0 Å². The van der Waals surface area contributed by atoms with Gasteiger partial charge in [0.1, 0.15) is 5.82 Å². The molecule has 156 valence electrons. The Balaban J connectivity index is 1.88. The first-order valence-corrected chi connectivity index (χ1v) is 10.7. The van der Waals surface area contributed by atoms with Crippen LogP contribution in [-0.4, -0.2) is 28.4 Å². The smallest absolute Gasteiger partial charge is 0.262 e. The lowest BCUT2D eigenvalue weighted by molar-refractivity contribution is 0.102. The molecule has 0 radical (unpaired) electrons. The molecule has 0 saturated heterocycles. The van der Waals surface area contributed by atoms with E-state index in [4.69, 9.17) is 11.6 Å². The van der Waals surface area contributed by atoms with Crippen LogP contribution in [0.2, 0.25) is 5.02 Å². The van der Waals surface area contributed by atoms with Gasteiger partial charge in [-0.25, -0.2) is 12.8 Å². The van der Waals surface area contributed by atoms with Crippen molar-refractivity contribution in [3.63, 3.8) is 0 Å². The van der Waals surface area contributed by atoms with E-state index in [1.807, 2.05) is 19.0 Å². The molecule has 6 nitrogen and oxygen atoms in total. The molecule has 0 aliphatic heterocycles. The summed E-state index contributed by atoms with van der Waals surface area (Å²) < 4.78 is 41.3. The number of nitrogens with zero attached hydrogens (tertiary/aromatic N) is 1. The van der Waals surface area contributed by atoms with Crippen LogP contribution in [0.15, 0.2) is 71.6 Å². The molecular weight excluding hydrogens is 429 g/mol. The third-order valence-corrected chi connectivity index (χ3v) is 5.81. The highest BCUT2D eigenvalue weighted by molar-refractivity contribution is 7.92. The number of nitrogens with one attached hydrogen (secondary N) is 2. The van der Waals surface area contributed by atoms with E-state index in [2.05, 4.69) is 10.0 Å². The Morgan fingerprint density at radius 2 is 1.70 bits per heavy atom. The van der Waals surface area contributed by atoms with Gasteiger partial charge in [0.15, 0.2) is 0 Å². The zero-order valence-corrected chi connectivity index (χ0v) is 17.8. The first kappa shape index (κ1) is 21.6. The second kappa shape index (κ2) is 8.73. The summed E-state index contributed by atoms with van der Waals surface area (Å²) in [6.45, 7) is 0. The third-order valence-electron chi connectivity index (χ3n) is 4.21. The number of halogens is 2. The molecule has 0 atom stereocenters. The average molecular weight is 448 g/mol. The van der Waals surface area contributed by atoms with Crippen molar-refractivity contribution in [1.29, 1.82) is 0 Å². The number of carbonyl (C=O) groups excluding carboxylic acids is 1. The predicted octanol–water partition coefficient (Wildman–Crippen LogP) is 4.60. The van der Waals surface area contributed by atoms with Gasteiger partial charge in [0.25, 0.3) is 15.9 Å². The summed E-state index contributed by atoms with van der Waals surface area (Å²) in [7, 11) is -0.453. The number of amides is 1. The summed E-state index contributed by atoms with van der Waals surface area (Å²) in [4.78, 5) is 14.4. The first-order valence-electron chi connectivity index (χ1n) is 8.83. The molecule has 0 unspecified atom stereocenters. The van der Waals surface area contributed by atoms with Crippen LogP contribution in [0.25, 0.3) is 0 Å². The van der Waals surface area contributed by atoms with Crippen molar-refractivity contribution in [2.24, 2.45) is 0 Å². The number of anilines is 3. The van der Waals surface area contributed by atoms with Crippen molar-refractivity contribution in [1.82, 2.24) is 0 Å². The molecule has 0 saturated carbocycles. The average Bonchev–Trinajstić information content (AvgIpc) is 2.69. The minimum Gasteiger partial charge on any atom is -0.376 e. The third kappa shape index (κ3) is 4.90.